The number of ether oxygens (including phenoxy) is 3. The molecule has 1 unspecified atom stereocenters. The van der Waals surface area contributed by atoms with E-state index in [9.17, 15) is 0 Å². The Balaban J connectivity index is 1.75. The topological polar surface area (TPSA) is 56.7 Å². The number of nitrogens with zero attached hydrogens (tertiary/aromatic N) is 3. The lowest BCUT2D eigenvalue weighted by atomic mass is 10.0. The van der Waals surface area contributed by atoms with E-state index in [0.29, 0.717) is 18.6 Å². The maximum atomic E-state index is 5.74. The van der Waals surface area contributed by atoms with Crippen LogP contribution in [0.5, 0.6) is 0 Å². The first-order valence-electron chi connectivity index (χ1n) is 8.61. The van der Waals surface area contributed by atoms with Gasteiger partial charge in [0.1, 0.15) is 12.4 Å². The smallest absolute Gasteiger partial charge is 0.156 e. The van der Waals surface area contributed by atoms with Crippen LogP contribution in [0.2, 0.25) is 0 Å². The number of rotatable bonds is 6. The number of hydrogen-bond donors (Lipinski definition) is 0. The molecule has 3 rings (SSSR count). The van der Waals surface area contributed by atoms with E-state index in [2.05, 4.69) is 22.9 Å². The molecule has 0 saturated carbocycles. The summed E-state index contributed by atoms with van der Waals surface area (Å²) >= 11 is 0. The summed E-state index contributed by atoms with van der Waals surface area (Å²) in [5, 5.41) is 0. The second-order valence-corrected chi connectivity index (χ2v) is 6.20. The minimum atomic E-state index is 0.383. The molecule has 6 heteroatoms. The number of anilines is 1. The van der Waals surface area contributed by atoms with Crippen LogP contribution >= 0.6 is 0 Å². The molecule has 23 heavy (non-hydrogen) atoms. The van der Waals surface area contributed by atoms with E-state index in [1.807, 2.05) is 0 Å². The van der Waals surface area contributed by atoms with Gasteiger partial charge in [0.25, 0.3) is 0 Å². The maximum absolute atomic E-state index is 5.74. The van der Waals surface area contributed by atoms with Gasteiger partial charge >= 0.3 is 0 Å². The van der Waals surface area contributed by atoms with Gasteiger partial charge in [-0.15, -0.1) is 0 Å². The largest absolute Gasteiger partial charge is 0.381 e. The van der Waals surface area contributed by atoms with Crippen molar-refractivity contribution in [2.75, 3.05) is 44.9 Å². The third-order valence-corrected chi connectivity index (χ3v) is 4.57. The van der Waals surface area contributed by atoms with Crippen LogP contribution in [0, 0.1) is 0 Å². The predicted octanol–water partition coefficient (Wildman–Crippen LogP) is 2.13. The van der Waals surface area contributed by atoms with Gasteiger partial charge in [0.05, 0.1) is 18.4 Å². The van der Waals surface area contributed by atoms with Gasteiger partial charge in [0.15, 0.2) is 5.82 Å². The molecule has 0 bridgehead atoms. The van der Waals surface area contributed by atoms with Gasteiger partial charge in [0, 0.05) is 45.4 Å². The van der Waals surface area contributed by atoms with Gasteiger partial charge in [-0.3, -0.25) is 0 Å². The van der Waals surface area contributed by atoms with Crippen LogP contribution in [0.15, 0.2) is 6.07 Å². The van der Waals surface area contributed by atoms with Crippen LogP contribution in [0.3, 0.4) is 0 Å². The monoisotopic (exact) mass is 321 g/mol. The van der Waals surface area contributed by atoms with Crippen molar-refractivity contribution in [3.8, 4) is 0 Å². The highest BCUT2D eigenvalue weighted by molar-refractivity contribution is 5.41. The third kappa shape index (κ3) is 4.19. The molecule has 1 aromatic heterocycles. The van der Waals surface area contributed by atoms with E-state index in [0.717, 1.165) is 69.5 Å². The SMILES string of the molecule is CCOC1CCN(c2cc(C3CCOC3)nc(COC)n2)CC1. The average Bonchev–Trinajstić information content (AvgIpc) is 3.10. The van der Waals surface area contributed by atoms with Crippen molar-refractivity contribution >= 4 is 5.82 Å². The van der Waals surface area contributed by atoms with Crippen LogP contribution in [0.4, 0.5) is 5.82 Å². The molecule has 2 aliphatic heterocycles. The van der Waals surface area contributed by atoms with Crippen molar-refractivity contribution in [1.29, 1.82) is 0 Å². The standard InChI is InChI=1S/C17H27N3O3/c1-3-23-14-4-7-20(8-5-14)17-10-15(13-6-9-22-11-13)18-16(19-17)12-21-2/h10,13-14H,3-9,11-12H2,1-2H3. The molecule has 128 valence electrons. The average molecular weight is 321 g/mol. The van der Waals surface area contributed by atoms with Gasteiger partial charge in [-0.2, -0.15) is 0 Å². The lowest BCUT2D eigenvalue weighted by Gasteiger charge is -2.33. The summed E-state index contributed by atoms with van der Waals surface area (Å²) < 4.78 is 16.5. The van der Waals surface area contributed by atoms with Gasteiger partial charge in [-0.1, -0.05) is 0 Å². The zero-order chi connectivity index (χ0) is 16.1. The second-order valence-electron chi connectivity index (χ2n) is 6.20. The van der Waals surface area contributed by atoms with Gasteiger partial charge in [0.2, 0.25) is 0 Å². The van der Waals surface area contributed by atoms with E-state index in [1.54, 1.807) is 7.11 Å². The summed E-state index contributed by atoms with van der Waals surface area (Å²) in [6.45, 7) is 6.84. The number of aromatic nitrogens is 2. The molecule has 3 heterocycles. The van der Waals surface area contributed by atoms with E-state index >= 15 is 0 Å². The molecule has 0 aromatic carbocycles. The quantitative estimate of drug-likeness (QED) is 0.800. The molecule has 6 nitrogen and oxygen atoms in total. The molecule has 1 aromatic rings. The molecular weight excluding hydrogens is 294 g/mol. The summed E-state index contributed by atoms with van der Waals surface area (Å²) in [6.07, 6.45) is 3.53. The van der Waals surface area contributed by atoms with Crippen LogP contribution in [-0.4, -0.2) is 56.1 Å². The molecule has 2 aliphatic rings. The fourth-order valence-corrected chi connectivity index (χ4v) is 3.32. The lowest BCUT2D eigenvalue weighted by Crippen LogP contribution is -2.37. The molecule has 0 spiro atoms. The Kier molecular flexibility index (Phi) is 5.80. The first-order chi connectivity index (χ1) is 11.3. The van der Waals surface area contributed by atoms with Crippen molar-refractivity contribution in [3.63, 3.8) is 0 Å². The Morgan fingerprint density at radius 2 is 2.09 bits per heavy atom. The van der Waals surface area contributed by atoms with Gasteiger partial charge in [-0.05, 0) is 26.2 Å². The molecule has 0 N–H and O–H groups in total. The predicted molar refractivity (Wildman–Crippen MR) is 87.8 cm³/mol. The highest BCUT2D eigenvalue weighted by atomic mass is 16.5. The molecule has 0 amide bonds. The number of piperidine rings is 1. The minimum absolute atomic E-state index is 0.383. The van der Waals surface area contributed by atoms with Gasteiger partial charge < -0.3 is 19.1 Å². The Bertz CT molecular complexity index is 498. The minimum Gasteiger partial charge on any atom is -0.381 e. The summed E-state index contributed by atoms with van der Waals surface area (Å²) in [6, 6.07) is 2.14. The van der Waals surface area contributed by atoms with Crippen molar-refractivity contribution in [2.45, 2.75) is 44.8 Å². The summed E-state index contributed by atoms with van der Waals surface area (Å²) in [5.41, 5.74) is 1.09. The van der Waals surface area contributed by atoms with E-state index in [-0.39, 0.29) is 0 Å². The Labute approximate surface area is 138 Å². The maximum Gasteiger partial charge on any atom is 0.156 e. The van der Waals surface area contributed by atoms with Crippen molar-refractivity contribution in [1.82, 2.24) is 9.97 Å². The zero-order valence-corrected chi connectivity index (χ0v) is 14.2. The molecule has 1 atom stereocenters. The highest BCUT2D eigenvalue weighted by Crippen LogP contribution is 2.27. The third-order valence-electron chi connectivity index (χ3n) is 4.57. The Morgan fingerprint density at radius 3 is 2.74 bits per heavy atom. The first-order valence-corrected chi connectivity index (χ1v) is 8.61. The molecular formula is C17H27N3O3. The number of hydrogen-bond acceptors (Lipinski definition) is 6. The van der Waals surface area contributed by atoms with Crippen LogP contribution < -0.4 is 4.90 Å². The van der Waals surface area contributed by atoms with Crippen LogP contribution in [-0.2, 0) is 20.8 Å². The summed E-state index contributed by atoms with van der Waals surface area (Å²) in [4.78, 5) is 11.7. The first kappa shape index (κ1) is 16.6. The van der Waals surface area contributed by atoms with Crippen LogP contribution in [0.1, 0.15) is 43.6 Å². The normalized spacial score (nSPS) is 22.7. The molecule has 0 aliphatic carbocycles. The van der Waals surface area contributed by atoms with E-state index < -0.39 is 0 Å². The fourth-order valence-electron chi connectivity index (χ4n) is 3.32. The summed E-state index contributed by atoms with van der Waals surface area (Å²) in [7, 11) is 1.68. The van der Waals surface area contributed by atoms with Crippen LogP contribution in [0.25, 0.3) is 0 Å². The molecule has 2 fully saturated rings. The second kappa shape index (κ2) is 8.04. The summed E-state index contributed by atoms with van der Waals surface area (Å²) in [5.74, 6) is 2.16. The lowest BCUT2D eigenvalue weighted by molar-refractivity contribution is 0.0458. The Hall–Kier alpha value is -1.24. The van der Waals surface area contributed by atoms with E-state index in [1.165, 1.54) is 0 Å². The van der Waals surface area contributed by atoms with E-state index in [4.69, 9.17) is 19.2 Å². The zero-order valence-electron chi connectivity index (χ0n) is 14.2. The molecule has 2 saturated heterocycles. The van der Waals surface area contributed by atoms with Crippen molar-refractivity contribution in [2.24, 2.45) is 0 Å². The highest BCUT2D eigenvalue weighted by Gasteiger charge is 2.24. The molecule has 0 radical (unpaired) electrons. The number of methoxy groups -OCH3 is 1. The van der Waals surface area contributed by atoms with Crippen molar-refractivity contribution < 1.29 is 14.2 Å². The Morgan fingerprint density at radius 1 is 1.26 bits per heavy atom. The van der Waals surface area contributed by atoms with Gasteiger partial charge in [-0.25, -0.2) is 9.97 Å². The fraction of sp³-hybridized carbons (Fsp3) is 0.765. The van der Waals surface area contributed by atoms with Crippen molar-refractivity contribution in [3.05, 3.63) is 17.6 Å².